The van der Waals surface area contributed by atoms with Crippen molar-refractivity contribution in [1.29, 1.82) is 0 Å². The molecule has 1 aromatic carbocycles. The molecule has 0 unspecified atom stereocenters. The zero-order valence-corrected chi connectivity index (χ0v) is 18.9. The van der Waals surface area contributed by atoms with Crippen molar-refractivity contribution in [2.45, 2.75) is 20.8 Å². The SMILES string of the molecule is COCCOc1ccc(F)cc1NC(=O)c1cc(-c2cc(C)sc2C)nc2onc(C)c12. The number of nitrogens with zero attached hydrogens (tertiary/aromatic N) is 2. The van der Waals surface area contributed by atoms with Gasteiger partial charge in [-0.25, -0.2) is 9.37 Å². The second-order valence-corrected chi connectivity index (χ2v) is 8.73. The number of benzene rings is 1. The van der Waals surface area contributed by atoms with Gasteiger partial charge in [0.15, 0.2) is 0 Å². The first kappa shape index (κ1) is 21.9. The summed E-state index contributed by atoms with van der Waals surface area (Å²) in [6.07, 6.45) is 0. The predicted octanol–water partition coefficient (Wildman–Crippen LogP) is 5.29. The van der Waals surface area contributed by atoms with E-state index in [1.54, 1.807) is 31.4 Å². The number of pyridine rings is 1. The summed E-state index contributed by atoms with van der Waals surface area (Å²) in [7, 11) is 1.56. The lowest BCUT2D eigenvalue weighted by atomic mass is 10.1. The lowest BCUT2D eigenvalue weighted by Crippen LogP contribution is -2.15. The zero-order valence-electron chi connectivity index (χ0n) is 18.1. The average Bonchev–Trinajstić information content (AvgIpc) is 3.30. The predicted molar refractivity (Wildman–Crippen MR) is 121 cm³/mol. The van der Waals surface area contributed by atoms with Crippen LogP contribution in [0.4, 0.5) is 10.1 Å². The number of anilines is 1. The molecule has 4 aromatic rings. The number of ether oxygens (including phenoxy) is 2. The molecule has 0 saturated heterocycles. The number of halogens is 1. The Morgan fingerprint density at radius 1 is 1.19 bits per heavy atom. The molecule has 0 aliphatic heterocycles. The second kappa shape index (κ2) is 9.05. The Labute approximate surface area is 188 Å². The molecular formula is C23H22FN3O4S. The van der Waals surface area contributed by atoms with Crippen LogP contribution in [0, 0.1) is 26.6 Å². The highest BCUT2D eigenvalue weighted by Crippen LogP contribution is 2.34. The van der Waals surface area contributed by atoms with Crippen molar-refractivity contribution in [3.05, 3.63) is 57.2 Å². The minimum Gasteiger partial charge on any atom is -0.489 e. The van der Waals surface area contributed by atoms with E-state index in [-0.39, 0.29) is 18.0 Å². The molecular weight excluding hydrogens is 433 g/mol. The maximum atomic E-state index is 13.9. The summed E-state index contributed by atoms with van der Waals surface area (Å²) in [5.74, 6) is -0.601. The Balaban J connectivity index is 1.75. The van der Waals surface area contributed by atoms with Gasteiger partial charge < -0.3 is 19.3 Å². The third-order valence-electron chi connectivity index (χ3n) is 4.91. The minimum atomic E-state index is -0.495. The summed E-state index contributed by atoms with van der Waals surface area (Å²) < 4.78 is 29.9. The largest absolute Gasteiger partial charge is 0.489 e. The average molecular weight is 456 g/mol. The van der Waals surface area contributed by atoms with Crippen LogP contribution in [0.15, 0.2) is 34.9 Å². The summed E-state index contributed by atoms with van der Waals surface area (Å²) in [5, 5.41) is 7.25. The van der Waals surface area contributed by atoms with Crippen LogP contribution in [0.3, 0.4) is 0 Å². The van der Waals surface area contributed by atoms with Gasteiger partial charge in [-0.1, -0.05) is 5.16 Å². The molecule has 32 heavy (non-hydrogen) atoms. The van der Waals surface area contributed by atoms with Crippen LogP contribution in [0.1, 0.15) is 25.8 Å². The van der Waals surface area contributed by atoms with E-state index in [1.807, 2.05) is 19.9 Å². The molecule has 0 aliphatic rings. The number of hydrogen-bond donors (Lipinski definition) is 1. The number of nitrogens with one attached hydrogen (secondary N) is 1. The first-order chi connectivity index (χ1) is 15.4. The van der Waals surface area contributed by atoms with Crippen LogP contribution in [0.5, 0.6) is 5.75 Å². The summed E-state index contributed by atoms with van der Waals surface area (Å²) in [6, 6.07) is 7.68. The Morgan fingerprint density at radius 2 is 2.00 bits per heavy atom. The van der Waals surface area contributed by atoms with E-state index in [0.717, 1.165) is 15.3 Å². The van der Waals surface area contributed by atoms with Crippen LogP contribution in [0.2, 0.25) is 0 Å². The highest BCUT2D eigenvalue weighted by Gasteiger charge is 2.21. The van der Waals surface area contributed by atoms with Crippen molar-refractivity contribution in [2.24, 2.45) is 0 Å². The first-order valence-corrected chi connectivity index (χ1v) is 10.8. The number of aromatic nitrogens is 2. The number of hydrogen-bond acceptors (Lipinski definition) is 7. The van der Waals surface area contributed by atoms with Gasteiger partial charge in [-0.15, -0.1) is 11.3 Å². The van der Waals surface area contributed by atoms with Crippen molar-refractivity contribution in [3.8, 4) is 17.0 Å². The maximum absolute atomic E-state index is 13.9. The molecule has 0 aliphatic carbocycles. The molecule has 0 atom stereocenters. The van der Waals surface area contributed by atoms with E-state index in [9.17, 15) is 9.18 Å². The van der Waals surface area contributed by atoms with E-state index in [4.69, 9.17) is 14.0 Å². The lowest BCUT2D eigenvalue weighted by molar-refractivity contribution is 0.102. The molecule has 0 fully saturated rings. The van der Waals surface area contributed by atoms with Gasteiger partial charge >= 0.3 is 0 Å². The third-order valence-corrected chi connectivity index (χ3v) is 5.88. The molecule has 3 aromatic heterocycles. The van der Waals surface area contributed by atoms with Gasteiger partial charge in [-0.2, -0.15) is 0 Å². The molecule has 4 rings (SSSR count). The quantitative estimate of drug-likeness (QED) is 0.381. The summed E-state index contributed by atoms with van der Waals surface area (Å²) in [4.78, 5) is 20.1. The van der Waals surface area contributed by atoms with Gasteiger partial charge in [-0.05, 0) is 45.0 Å². The molecule has 9 heteroatoms. The normalized spacial score (nSPS) is 11.2. The van der Waals surface area contributed by atoms with Gasteiger partial charge in [-0.3, -0.25) is 4.79 Å². The number of carbonyl (C=O) groups is 1. The standard InChI is InChI=1S/C23H22FN3O4S/c1-12-9-16(14(3)32-12)18-11-17(21-13(2)27-31-23(21)26-18)22(28)25-19-10-15(24)5-6-20(19)30-8-7-29-4/h5-6,9-11H,7-8H2,1-4H3,(H,25,28). The Kier molecular flexibility index (Phi) is 6.20. The number of carbonyl (C=O) groups excluding carboxylic acids is 1. The van der Waals surface area contributed by atoms with Crippen molar-refractivity contribution in [1.82, 2.24) is 10.1 Å². The smallest absolute Gasteiger partial charge is 0.259 e. The van der Waals surface area contributed by atoms with E-state index in [0.29, 0.717) is 34.7 Å². The number of thiophene rings is 1. The third kappa shape index (κ3) is 4.35. The summed E-state index contributed by atoms with van der Waals surface area (Å²) in [5.41, 5.74) is 2.89. The molecule has 0 bridgehead atoms. The van der Waals surface area contributed by atoms with Gasteiger partial charge in [0.2, 0.25) is 0 Å². The fourth-order valence-corrected chi connectivity index (χ4v) is 4.38. The van der Waals surface area contributed by atoms with Gasteiger partial charge in [0, 0.05) is 28.5 Å². The zero-order chi connectivity index (χ0) is 22.8. The molecule has 0 spiro atoms. The molecule has 1 N–H and O–H groups in total. The van der Waals surface area contributed by atoms with Crippen molar-refractivity contribution >= 4 is 34.0 Å². The number of fused-ring (bicyclic) bond motifs is 1. The van der Waals surface area contributed by atoms with E-state index < -0.39 is 11.7 Å². The second-order valence-electron chi connectivity index (χ2n) is 7.27. The van der Waals surface area contributed by atoms with Gasteiger partial charge in [0.25, 0.3) is 11.6 Å². The van der Waals surface area contributed by atoms with Crippen molar-refractivity contribution < 1.29 is 23.2 Å². The van der Waals surface area contributed by atoms with Crippen molar-refractivity contribution in [2.75, 3.05) is 25.6 Å². The fraction of sp³-hybridized carbons (Fsp3) is 0.261. The first-order valence-electron chi connectivity index (χ1n) is 9.94. The van der Waals surface area contributed by atoms with Crippen LogP contribution in [-0.4, -0.2) is 36.4 Å². The number of amides is 1. The van der Waals surface area contributed by atoms with E-state index in [1.165, 1.54) is 18.2 Å². The number of aryl methyl sites for hydroxylation is 3. The topological polar surface area (TPSA) is 86.5 Å². The van der Waals surface area contributed by atoms with Gasteiger partial charge in [0.1, 0.15) is 18.2 Å². The number of methoxy groups -OCH3 is 1. The fourth-order valence-electron chi connectivity index (χ4n) is 3.45. The molecule has 0 saturated carbocycles. The monoisotopic (exact) mass is 455 g/mol. The lowest BCUT2D eigenvalue weighted by Gasteiger charge is -2.13. The Hall–Kier alpha value is -3.30. The van der Waals surface area contributed by atoms with Crippen LogP contribution in [0.25, 0.3) is 22.4 Å². The molecule has 1 amide bonds. The maximum Gasteiger partial charge on any atom is 0.259 e. The van der Waals surface area contributed by atoms with E-state index in [2.05, 4.69) is 15.5 Å². The molecule has 166 valence electrons. The van der Waals surface area contributed by atoms with Crippen LogP contribution in [-0.2, 0) is 4.74 Å². The highest BCUT2D eigenvalue weighted by molar-refractivity contribution is 7.12. The van der Waals surface area contributed by atoms with Crippen molar-refractivity contribution in [3.63, 3.8) is 0 Å². The minimum absolute atomic E-state index is 0.217. The van der Waals surface area contributed by atoms with Gasteiger partial charge in [0.05, 0.1) is 34.6 Å². The Morgan fingerprint density at radius 3 is 2.72 bits per heavy atom. The van der Waals surface area contributed by atoms with Crippen LogP contribution >= 0.6 is 11.3 Å². The van der Waals surface area contributed by atoms with Crippen LogP contribution < -0.4 is 10.1 Å². The molecule has 0 radical (unpaired) electrons. The Bertz CT molecular complexity index is 1300. The summed E-state index contributed by atoms with van der Waals surface area (Å²) in [6.45, 7) is 6.38. The van der Waals surface area contributed by atoms with E-state index >= 15 is 0 Å². The molecule has 7 nitrogen and oxygen atoms in total. The number of rotatable bonds is 7. The molecule has 3 heterocycles. The highest BCUT2D eigenvalue weighted by atomic mass is 32.1. The summed E-state index contributed by atoms with van der Waals surface area (Å²) >= 11 is 1.65.